The second kappa shape index (κ2) is 7.33. The van der Waals surface area contributed by atoms with Gasteiger partial charge in [0.25, 0.3) is 5.91 Å². The quantitative estimate of drug-likeness (QED) is 0.846. The highest BCUT2D eigenvalue weighted by atomic mass is 19.1. The van der Waals surface area contributed by atoms with Crippen molar-refractivity contribution in [2.24, 2.45) is 7.05 Å². The minimum atomic E-state index is -0.415. The minimum absolute atomic E-state index is 0.176. The summed E-state index contributed by atoms with van der Waals surface area (Å²) in [7, 11) is 5.78. The Labute approximate surface area is 146 Å². The number of halogens is 1. The van der Waals surface area contributed by atoms with E-state index in [2.05, 4.69) is 5.10 Å². The lowest BCUT2D eigenvalue weighted by molar-refractivity contribution is -0.0684. The van der Waals surface area contributed by atoms with Crippen LogP contribution >= 0.6 is 0 Å². The molecular weight excluding hydrogens is 323 g/mol. The molecule has 134 valence electrons. The maximum absolute atomic E-state index is 13.6. The summed E-state index contributed by atoms with van der Waals surface area (Å²) in [5.74, 6) is -0.609. The molecule has 0 unspecified atom stereocenters. The fourth-order valence-corrected chi connectivity index (χ4v) is 3.25. The number of carbonyl (C=O) groups excluding carboxylic acids is 1. The van der Waals surface area contributed by atoms with Crippen molar-refractivity contribution < 1.29 is 13.9 Å². The van der Waals surface area contributed by atoms with Crippen LogP contribution in [0.4, 0.5) is 4.39 Å². The van der Waals surface area contributed by atoms with Gasteiger partial charge in [0.05, 0.1) is 24.9 Å². The van der Waals surface area contributed by atoms with E-state index in [0.29, 0.717) is 25.3 Å². The summed E-state index contributed by atoms with van der Waals surface area (Å²) < 4.78 is 21.2. The number of benzene rings is 1. The summed E-state index contributed by atoms with van der Waals surface area (Å²) in [6, 6.07) is 5.55. The van der Waals surface area contributed by atoms with E-state index >= 15 is 0 Å². The highest BCUT2D eigenvalue weighted by Crippen LogP contribution is 2.31. The summed E-state index contributed by atoms with van der Waals surface area (Å²) >= 11 is 0. The van der Waals surface area contributed by atoms with Crippen LogP contribution < -0.4 is 0 Å². The first-order valence-corrected chi connectivity index (χ1v) is 8.27. The topological polar surface area (TPSA) is 50.6 Å². The van der Waals surface area contributed by atoms with E-state index in [1.54, 1.807) is 27.9 Å². The van der Waals surface area contributed by atoms with Crippen LogP contribution in [-0.4, -0.2) is 65.4 Å². The Hall–Kier alpha value is -2.25. The number of likely N-dealkylation sites (N-methyl/N-ethyl adjacent to an activating group) is 1. The van der Waals surface area contributed by atoms with Crippen LogP contribution in [0, 0.1) is 5.82 Å². The minimum Gasteiger partial charge on any atom is -0.373 e. The molecular formula is C18H23FN4O2. The van der Waals surface area contributed by atoms with Gasteiger partial charge in [0, 0.05) is 37.5 Å². The van der Waals surface area contributed by atoms with Gasteiger partial charge in [0.15, 0.2) is 0 Å². The van der Waals surface area contributed by atoms with E-state index in [1.807, 2.05) is 32.2 Å². The maximum atomic E-state index is 13.6. The molecule has 2 aromatic rings. The Bertz CT molecular complexity index is 746. The van der Waals surface area contributed by atoms with Crippen LogP contribution in [0.2, 0.25) is 0 Å². The third-order valence-corrected chi connectivity index (χ3v) is 4.30. The maximum Gasteiger partial charge on any atom is 0.254 e. The average molecular weight is 346 g/mol. The first-order valence-electron chi connectivity index (χ1n) is 8.27. The Morgan fingerprint density at radius 2 is 2.24 bits per heavy atom. The number of aryl methyl sites for hydroxylation is 1. The predicted molar refractivity (Wildman–Crippen MR) is 91.7 cm³/mol. The molecule has 0 aliphatic carbocycles. The Morgan fingerprint density at radius 3 is 2.88 bits per heavy atom. The van der Waals surface area contributed by atoms with Gasteiger partial charge in [0.2, 0.25) is 0 Å². The number of hydrogen-bond donors (Lipinski definition) is 0. The summed E-state index contributed by atoms with van der Waals surface area (Å²) in [6.07, 6.45) is 3.48. The highest BCUT2D eigenvalue weighted by molar-refractivity contribution is 5.94. The van der Waals surface area contributed by atoms with Crippen molar-refractivity contribution in [2.75, 3.05) is 33.8 Å². The van der Waals surface area contributed by atoms with Crippen LogP contribution in [0.3, 0.4) is 0 Å². The van der Waals surface area contributed by atoms with Gasteiger partial charge in [-0.2, -0.15) is 5.10 Å². The summed E-state index contributed by atoms with van der Waals surface area (Å²) in [6.45, 7) is 1.58. The Morgan fingerprint density at radius 1 is 1.44 bits per heavy atom. The zero-order valence-corrected chi connectivity index (χ0v) is 14.7. The molecule has 3 rings (SSSR count). The zero-order valence-electron chi connectivity index (χ0n) is 14.7. The van der Waals surface area contributed by atoms with Crippen molar-refractivity contribution in [3.05, 3.63) is 53.6 Å². The van der Waals surface area contributed by atoms with Gasteiger partial charge in [-0.15, -0.1) is 0 Å². The molecule has 25 heavy (non-hydrogen) atoms. The number of nitrogens with zero attached hydrogens (tertiary/aromatic N) is 4. The third-order valence-electron chi connectivity index (χ3n) is 4.30. The molecule has 0 radical (unpaired) electrons. The molecule has 0 N–H and O–H groups in total. The number of aromatic nitrogens is 2. The lowest BCUT2D eigenvalue weighted by Gasteiger charge is -2.41. The first-order chi connectivity index (χ1) is 12.0. The SMILES string of the molecule is CN(C)C[C@@H]1OCCN(C(=O)c2cccc(F)c2)[C@H]1c1cnn(C)c1. The van der Waals surface area contributed by atoms with E-state index < -0.39 is 5.82 Å². The molecule has 0 saturated carbocycles. The van der Waals surface area contributed by atoms with Gasteiger partial charge in [-0.05, 0) is 32.3 Å². The van der Waals surface area contributed by atoms with E-state index in [1.165, 1.54) is 12.1 Å². The van der Waals surface area contributed by atoms with Gasteiger partial charge >= 0.3 is 0 Å². The fourth-order valence-electron chi connectivity index (χ4n) is 3.25. The molecule has 2 heterocycles. The molecule has 1 amide bonds. The van der Waals surface area contributed by atoms with E-state index in [0.717, 1.165) is 5.56 Å². The molecule has 0 bridgehead atoms. The Balaban J connectivity index is 1.95. The zero-order chi connectivity index (χ0) is 18.0. The van der Waals surface area contributed by atoms with Gasteiger partial charge in [0.1, 0.15) is 5.82 Å². The van der Waals surface area contributed by atoms with Crippen molar-refractivity contribution >= 4 is 5.91 Å². The summed E-state index contributed by atoms with van der Waals surface area (Å²) in [5.41, 5.74) is 1.26. The number of ether oxygens (including phenoxy) is 1. The van der Waals surface area contributed by atoms with Gasteiger partial charge in [-0.25, -0.2) is 4.39 Å². The normalized spacial score (nSPS) is 20.9. The number of amides is 1. The van der Waals surface area contributed by atoms with Crippen molar-refractivity contribution in [1.29, 1.82) is 0 Å². The lowest BCUT2D eigenvalue weighted by Crippen LogP contribution is -2.51. The van der Waals surface area contributed by atoms with Crippen molar-refractivity contribution in [1.82, 2.24) is 19.6 Å². The molecule has 7 heteroatoms. The molecule has 1 aromatic carbocycles. The van der Waals surface area contributed by atoms with Crippen molar-refractivity contribution in [2.45, 2.75) is 12.1 Å². The molecule has 1 fully saturated rings. The molecule has 0 spiro atoms. The van der Waals surface area contributed by atoms with E-state index in [-0.39, 0.29) is 18.1 Å². The predicted octanol–water partition coefficient (Wildman–Crippen LogP) is 1.70. The average Bonchev–Trinajstić information content (AvgIpc) is 2.99. The van der Waals surface area contributed by atoms with Crippen LogP contribution in [0.25, 0.3) is 0 Å². The molecule has 1 aliphatic rings. The number of morpholine rings is 1. The van der Waals surface area contributed by atoms with E-state index in [4.69, 9.17) is 4.74 Å². The second-order valence-corrected chi connectivity index (χ2v) is 6.57. The second-order valence-electron chi connectivity index (χ2n) is 6.57. The van der Waals surface area contributed by atoms with Crippen molar-refractivity contribution in [3.8, 4) is 0 Å². The molecule has 6 nitrogen and oxygen atoms in total. The number of carbonyl (C=O) groups is 1. The van der Waals surface area contributed by atoms with Crippen molar-refractivity contribution in [3.63, 3.8) is 0 Å². The lowest BCUT2D eigenvalue weighted by atomic mass is 9.99. The van der Waals surface area contributed by atoms with Crippen LogP contribution in [-0.2, 0) is 11.8 Å². The summed E-state index contributed by atoms with van der Waals surface area (Å²) in [5, 5.41) is 4.24. The molecule has 1 aromatic heterocycles. The molecule has 1 aliphatic heterocycles. The first kappa shape index (κ1) is 17.6. The van der Waals surface area contributed by atoms with Gasteiger partial charge in [-0.1, -0.05) is 6.07 Å². The van der Waals surface area contributed by atoms with Crippen LogP contribution in [0.15, 0.2) is 36.7 Å². The monoisotopic (exact) mass is 346 g/mol. The van der Waals surface area contributed by atoms with E-state index in [9.17, 15) is 9.18 Å². The van der Waals surface area contributed by atoms with Crippen LogP contribution in [0.1, 0.15) is 22.0 Å². The fraction of sp³-hybridized carbons (Fsp3) is 0.444. The number of hydrogen-bond acceptors (Lipinski definition) is 4. The smallest absolute Gasteiger partial charge is 0.254 e. The largest absolute Gasteiger partial charge is 0.373 e. The standard InChI is InChI=1S/C18H23FN4O2/c1-21(2)12-16-17(14-10-20-22(3)11-14)23(7-8-25-16)18(24)13-5-4-6-15(19)9-13/h4-6,9-11,16-17H,7-8,12H2,1-3H3/t16-,17-/m0/s1. The third kappa shape index (κ3) is 3.88. The van der Waals surface area contributed by atoms with Gasteiger partial charge < -0.3 is 14.5 Å². The summed E-state index contributed by atoms with van der Waals surface area (Å²) in [4.78, 5) is 16.8. The molecule has 1 saturated heterocycles. The van der Waals surface area contributed by atoms with Crippen LogP contribution in [0.5, 0.6) is 0 Å². The Kier molecular flexibility index (Phi) is 5.15. The van der Waals surface area contributed by atoms with Gasteiger partial charge in [-0.3, -0.25) is 9.48 Å². The highest BCUT2D eigenvalue weighted by Gasteiger charge is 2.37. The molecule has 2 atom stereocenters. The number of rotatable bonds is 4.